The van der Waals surface area contributed by atoms with Gasteiger partial charge in [0.2, 0.25) is 0 Å². The molecule has 0 aliphatic carbocycles. The van der Waals surface area contributed by atoms with Gasteiger partial charge in [-0.25, -0.2) is 9.78 Å². The Morgan fingerprint density at radius 3 is 2.91 bits per heavy atom. The van der Waals surface area contributed by atoms with Crippen molar-refractivity contribution < 1.29 is 14.7 Å². The Labute approximate surface area is 198 Å². The summed E-state index contributed by atoms with van der Waals surface area (Å²) in [7, 11) is 0. The Hall–Kier alpha value is -3.68. The predicted octanol–water partition coefficient (Wildman–Crippen LogP) is 3.78. The highest BCUT2D eigenvalue weighted by Gasteiger charge is 2.32. The zero-order chi connectivity index (χ0) is 23.5. The second-order valence-electron chi connectivity index (χ2n) is 9.21. The summed E-state index contributed by atoms with van der Waals surface area (Å²) >= 11 is 0. The number of aryl methyl sites for hydroxylation is 2. The predicted molar refractivity (Wildman–Crippen MR) is 130 cm³/mol. The third kappa shape index (κ3) is 4.95. The number of aliphatic carboxylic acids is 1. The molecular formula is C26H29N5O3. The average molecular weight is 460 g/mol. The van der Waals surface area contributed by atoms with Crippen LogP contribution in [0.2, 0.25) is 0 Å². The molecule has 0 unspecified atom stereocenters. The number of amides is 2. The van der Waals surface area contributed by atoms with Crippen LogP contribution in [0.1, 0.15) is 42.1 Å². The lowest BCUT2D eigenvalue weighted by Gasteiger charge is -2.40. The Balaban J connectivity index is 1.15. The Morgan fingerprint density at radius 2 is 2.06 bits per heavy atom. The zero-order valence-electron chi connectivity index (χ0n) is 19.0. The van der Waals surface area contributed by atoms with Gasteiger partial charge in [-0.2, -0.15) is 0 Å². The van der Waals surface area contributed by atoms with Gasteiger partial charge in [0.05, 0.1) is 18.0 Å². The lowest BCUT2D eigenvalue weighted by atomic mass is 9.93. The van der Waals surface area contributed by atoms with Crippen LogP contribution in [0, 0.1) is 5.92 Å². The Morgan fingerprint density at radius 1 is 1.21 bits per heavy atom. The average Bonchev–Trinajstić information content (AvgIpc) is 2.82. The van der Waals surface area contributed by atoms with Crippen LogP contribution in [0.15, 0.2) is 48.7 Å². The number of likely N-dealkylation sites (tertiary alicyclic amines) is 1. The van der Waals surface area contributed by atoms with Crippen LogP contribution in [-0.4, -0.2) is 51.6 Å². The number of carboxylic acid groups (broad SMARTS) is 1. The number of nitrogens with zero attached hydrogens (tertiary/aromatic N) is 3. The van der Waals surface area contributed by atoms with Gasteiger partial charge in [-0.05, 0) is 60.9 Å². The number of hydrogen-bond donors (Lipinski definition) is 3. The highest BCUT2D eigenvalue weighted by molar-refractivity contribution is 5.80. The first-order valence-corrected chi connectivity index (χ1v) is 11.9. The third-order valence-corrected chi connectivity index (χ3v) is 6.70. The fourth-order valence-corrected chi connectivity index (χ4v) is 4.72. The number of carbonyl (C=O) groups excluding carboxylic acids is 1. The topological polar surface area (TPSA) is 107 Å². The molecule has 2 aliphatic heterocycles. The molecule has 2 aromatic heterocycles. The molecule has 3 aromatic rings. The van der Waals surface area contributed by atoms with Crippen LogP contribution in [0.5, 0.6) is 0 Å². The molecule has 0 bridgehead atoms. The molecule has 34 heavy (non-hydrogen) atoms. The number of urea groups is 1. The highest BCUT2D eigenvalue weighted by Crippen LogP contribution is 2.26. The lowest BCUT2D eigenvalue weighted by Crippen LogP contribution is -2.54. The van der Waals surface area contributed by atoms with Crippen molar-refractivity contribution in [2.24, 2.45) is 5.92 Å². The van der Waals surface area contributed by atoms with Crippen molar-refractivity contribution >= 4 is 28.7 Å². The van der Waals surface area contributed by atoms with Crippen LogP contribution in [-0.2, 0) is 17.6 Å². The monoisotopic (exact) mass is 459 g/mol. The van der Waals surface area contributed by atoms with Gasteiger partial charge in [0.15, 0.2) is 0 Å². The van der Waals surface area contributed by atoms with Gasteiger partial charge in [0.25, 0.3) is 0 Å². The molecule has 1 saturated heterocycles. The number of rotatable bonds is 7. The maximum absolute atomic E-state index is 12.8. The minimum absolute atomic E-state index is 0.193. The Kier molecular flexibility index (Phi) is 6.29. The molecule has 2 aliphatic rings. The molecule has 5 rings (SSSR count). The molecule has 0 radical (unpaired) electrons. The fourth-order valence-electron chi connectivity index (χ4n) is 4.72. The largest absolute Gasteiger partial charge is 0.481 e. The van der Waals surface area contributed by atoms with E-state index in [0.29, 0.717) is 24.6 Å². The van der Waals surface area contributed by atoms with Gasteiger partial charge in [-0.3, -0.25) is 9.78 Å². The number of pyridine rings is 2. The van der Waals surface area contributed by atoms with Gasteiger partial charge in [0, 0.05) is 36.9 Å². The number of hydrogen-bond acceptors (Lipinski definition) is 5. The third-order valence-electron chi connectivity index (χ3n) is 6.70. The van der Waals surface area contributed by atoms with Crippen LogP contribution in [0.3, 0.4) is 0 Å². The SMILES string of the molecule is O=C(O)C[C@H](NC(=O)N1CC(CCc2ccc3c(n2)NCCC3)C1)c1cnc2ccccc2c1. The normalized spacial score (nSPS) is 16.3. The lowest BCUT2D eigenvalue weighted by molar-refractivity contribution is -0.137. The molecule has 176 valence electrons. The molecule has 3 N–H and O–H groups in total. The van der Waals surface area contributed by atoms with E-state index in [4.69, 9.17) is 4.98 Å². The van der Waals surface area contributed by atoms with Crippen molar-refractivity contribution in [3.05, 3.63) is 65.5 Å². The maximum Gasteiger partial charge on any atom is 0.317 e. The quantitative estimate of drug-likeness (QED) is 0.496. The van der Waals surface area contributed by atoms with E-state index in [1.807, 2.05) is 30.3 Å². The summed E-state index contributed by atoms with van der Waals surface area (Å²) in [5, 5.41) is 16.6. The number of carbonyl (C=O) groups is 2. The summed E-state index contributed by atoms with van der Waals surface area (Å²) in [4.78, 5) is 35.2. The minimum atomic E-state index is -0.966. The molecule has 0 saturated carbocycles. The number of para-hydroxylation sites is 1. The first-order chi connectivity index (χ1) is 16.5. The summed E-state index contributed by atoms with van der Waals surface area (Å²) in [6, 6.07) is 13.0. The van der Waals surface area contributed by atoms with Crippen molar-refractivity contribution in [3.8, 4) is 0 Å². The molecule has 4 heterocycles. The van der Waals surface area contributed by atoms with Crippen LogP contribution in [0.25, 0.3) is 10.9 Å². The van der Waals surface area contributed by atoms with Crippen molar-refractivity contribution in [2.75, 3.05) is 25.0 Å². The van der Waals surface area contributed by atoms with E-state index >= 15 is 0 Å². The first-order valence-electron chi connectivity index (χ1n) is 11.9. The van der Waals surface area contributed by atoms with E-state index in [-0.39, 0.29) is 12.5 Å². The van der Waals surface area contributed by atoms with E-state index in [1.165, 1.54) is 5.56 Å². The number of aromatic nitrogens is 2. The molecule has 0 spiro atoms. The van der Waals surface area contributed by atoms with Crippen LogP contribution in [0.4, 0.5) is 10.6 Å². The number of anilines is 1. The fraction of sp³-hybridized carbons (Fsp3) is 0.385. The Bertz CT molecular complexity index is 1210. The standard InChI is InChI=1S/C26H29N5O3/c32-24(33)13-23(20-12-19-4-1-2-6-22(19)28-14-20)30-26(34)31-15-17(16-31)7-9-21-10-8-18-5-3-11-27-25(18)29-21/h1-2,4,6,8,10,12,14,17,23H,3,5,7,9,11,13,15-16H2,(H,27,29)(H,30,34)(H,32,33)/t23-/m0/s1. The molecule has 1 atom stereocenters. The summed E-state index contributed by atoms with van der Waals surface area (Å²) in [5.41, 5.74) is 3.90. The van der Waals surface area contributed by atoms with E-state index in [9.17, 15) is 14.7 Å². The summed E-state index contributed by atoms with van der Waals surface area (Å²) in [5.74, 6) is 0.481. The van der Waals surface area contributed by atoms with Crippen molar-refractivity contribution in [1.82, 2.24) is 20.2 Å². The molecule has 8 nitrogen and oxygen atoms in total. The highest BCUT2D eigenvalue weighted by atomic mass is 16.4. The van der Waals surface area contributed by atoms with Crippen molar-refractivity contribution in [3.63, 3.8) is 0 Å². The number of carboxylic acids is 1. The van der Waals surface area contributed by atoms with E-state index in [0.717, 1.165) is 54.6 Å². The number of nitrogens with one attached hydrogen (secondary N) is 2. The van der Waals surface area contributed by atoms with Crippen LogP contribution >= 0.6 is 0 Å². The number of benzene rings is 1. The van der Waals surface area contributed by atoms with Crippen LogP contribution < -0.4 is 10.6 Å². The van der Waals surface area contributed by atoms with Gasteiger partial charge >= 0.3 is 12.0 Å². The van der Waals surface area contributed by atoms with E-state index < -0.39 is 12.0 Å². The van der Waals surface area contributed by atoms with Gasteiger partial charge in [-0.1, -0.05) is 24.3 Å². The number of fused-ring (bicyclic) bond motifs is 2. The van der Waals surface area contributed by atoms with Gasteiger partial charge in [0.1, 0.15) is 5.82 Å². The van der Waals surface area contributed by atoms with Gasteiger partial charge in [-0.15, -0.1) is 0 Å². The second-order valence-corrected chi connectivity index (χ2v) is 9.21. The molecule has 1 aromatic carbocycles. The van der Waals surface area contributed by atoms with E-state index in [1.54, 1.807) is 11.1 Å². The van der Waals surface area contributed by atoms with Crippen molar-refractivity contribution in [2.45, 2.75) is 38.1 Å². The van der Waals surface area contributed by atoms with E-state index in [2.05, 4.69) is 27.8 Å². The molecule has 2 amide bonds. The second kappa shape index (κ2) is 9.67. The molecule has 8 heteroatoms. The smallest absolute Gasteiger partial charge is 0.317 e. The molecule has 1 fully saturated rings. The van der Waals surface area contributed by atoms with Crippen molar-refractivity contribution in [1.29, 1.82) is 0 Å². The first kappa shape index (κ1) is 22.1. The summed E-state index contributed by atoms with van der Waals surface area (Å²) in [6.45, 7) is 2.32. The minimum Gasteiger partial charge on any atom is -0.481 e. The maximum atomic E-state index is 12.8. The summed E-state index contributed by atoms with van der Waals surface area (Å²) in [6.07, 6.45) is 5.55. The van der Waals surface area contributed by atoms with Gasteiger partial charge < -0.3 is 20.6 Å². The molecular weight excluding hydrogens is 430 g/mol. The summed E-state index contributed by atoms with van der Waals surface area (Å²) < 4.78 is 0. The zero-order valence-corrected chi connectivity index (χ0v) is 19.0.